The van der Waals surface area contributed by atoms with E-state index in [0.717, 1.165) is 0 Å². The van der Waals surface area contributed by atoms with Gasteiger partial charge >= 0.3 is 11.6 Å². The lowest BCUT2D eigenvalue weighted by atomic mass is 10.3. The first-order chi connectivity index (χ1) is 12.2. The van der Waals surface area contributed by atoms with E-state index in [-0.39, 0.29) is 17.4 Å². The van der Waals surface area contributed by atoms with E-state index in [1.807, 2.05) is 0 Å². The number of rotatable bonds is 6. The van der Waals surface area contributed by atoms with Crippen LogP contribution in [0, 0.1) is 10.1 Å². The largest absolute Gasteiger partial charge is 0.497 e. The summed E-state index contributed by atoms with van der Waals surface area (Å²) in [5.74, 6) is 0.887. The number of ether oxygens (including phenoxy) is 2. The van der Waals surface area contributed by atoms with Crippen molar-refractivity contribution in [1.29, 1.82) is 0 Å². The van der Waals surface area contributed by atoms with Crippen LogP contribution in [0.1, 0.15) is 0 Å². The van der Waals surface area contributed by atoms with Crippen molar-refractivity contribution >= 4 is 17.2 Å². The smallest absolute Gasteiger partial charge is 0.373 e. The third-order valence-corrected chi connectivity index (χ3v) is 3.19. The maximum Gasteiger partial charge on any atom is 0.373 e. The summed E-state index contributed by atoms with van der Waals surface area (Å²) in [6.45, 7) is 0. The minimum Gasteiger partial charge on any atom is -0.497 e. The standard InChI is InChI=1S/C16H13N5O4/c1-24-12-2-4-13(5-3-12)25-16-14(21(22)23)15(18-10-19-16)20-11-6-8-17-9-7-11/h2-10H,1H3,(H,17,18,19,20). The number of benzene rings is 1. The van der Waals surface area contributed by atoms with E-state index in [0.29, 0.717) is 17.2 Å². The maximum atomic E-state index is 11.5. The highest BCUT2D eigenvalue weighted by atomic mass is 16.6. The van der Waals surface area contributed by atoms with Gasteiger partial charge in [-0.3, -0.25) is 15.1 Å². The summed E-state index contributed by atoms with van der Waals surface area (Å²) in [5.41, 5.74) is 0.238. The van der Waals surface area contributed by atoms with Gasteiger partial charge in [0.1, 0.15) is 17.8 Å². The fraction of sp³-hybridized carbons (Fsp3) is 0.0625. The van der Waals surface area contributed by atoms with Crippen LogP contribution >= 0.6 is 0 Å². The van der Waals surface area contributed by atoms with Crippen LogP contribution in [-0.4, -0.2) is 27.0 Å². The Hall–Kier alpha value is -3.75. The molecule has 2 aromatic heterocycles. The lowest BCUT2D eigenvalue weighted by Crippen LogP contribution is -2.03. The van der Waals surface area contributed by atoms with Crippen molar-refractivity contribution < 1.29 is 14.4 Å². The number of nitro groups is 1. The van der Waals surface area contributed by atoms with E-state index in [9.17, 15) is 10.1 Å². The fourth-order valence-corrected chi connectivity index (χ4v) is 2.02. The Morgan fingerprint density at radius 3 is 2.36 bits per heavy atom. The molecule has 0 aliphatic rings. The summed E-state index contributed by atoms with van der Waals surface area (Å²) in [7, 11) is 1.54. The molecule has 0 radical (unpaired) electrons. The second-order valence-corrected chi connectivity index (χ2v) is 4.77. The van der Waals surface area contributed by atoms with Gasteiger partial charge in [-0.05, 0) is 36.4 Å². The number of anilines is 2. The highest BCUT2D eigenvalue weighted by Gasteiger charge is 2.25. The van der Waals surface area contributed by atoms with Crippen LogP contribution in [0.4, 0.5) is 17.2 Å². The van der Waals surface area contributed by atoms with Gasteiger partial charge in [0.05, 0.1) is 12.0 Å². The summed E-state index contributed by atoms with van der Waals surface area (Å²) < 4.78 is 10.6. The molecule has 0 bridgehead atoms. The van der Waals surface area contributed by atoms with Crippen molar-refractivity contribution in [2.24, 2.45) is 0 Å². The molecule has 25 heavy (non-hydrogen) atoms. The van der Waals surface area contributed by atoms with E-state index in [4.69, 9.17) is 9.47 Å². The average Bonchev–Trinajstić information content (AvgIpc) is 2.63. The first-order valence-corrected chi connectivity index (χ1v) is 7.15. The van der Waals surface area contributed by atoms with Crippen LogP contribution in [0.3, 0.4) is 0 Å². The van der Waals surface area contributed by atoms with Crippen LogP contribution in [-0.2, 0) is 0 Å². The second kappa shape index (κ2) is 7.21. The van der Waals surface area contributed by atoms with Crippen molar-refractivity contribution in [3.63, 3.8) is 0 Å². The third-order valence-electron chi connectivity index (χ3n) is 3.19. The molecule has 0 atom stereocenters. The van der Waals surface area contributed by atoms with E-state index < -0.39 is 4.92 Å². The maximum absolute atomic E-state index is 11.5. The van der Waals surface area contributed by atoms with E-state index in [1.54, 1.807) is 55.9 Å². The van der Waals surface area contributed by atoms with E-state index >= 15 is 0 Å². The fourth-order valence-electron chi connectivity index (χ4n) is 2.02. The van der Waals surface area contributed by atoms with E-state index in [2.05, 4.69) is 20.3 Å². The number of methoxy groups -OCH3 is 1. The third kappa shape index (κ3) is 3.78. The summed E-state index contributed by atoms with van der Waals surface area (Å²) in [5, 5.41) is 14.4. The van der Waals surface area contributed by atoms with Gasteiger partial charge in [0.15, 0.2) is 0 Å². The number of aromatic nitrogens is 3. The quantitative estimate of drug-likeness (QED) is 0.537. The van der Waals surface area contributed by atoms with Crippen molar-refractivity contribution in [2.75, 3.05) is 12.4 Å². The lowest BCUT2D eigenvalue weighted by Gasteiger charge is -2.09. The van der Waals surface area contributed by atoms with Crippen molar-refractivity contribution in [3.8, 4) is 17.4 Å². The molecule has 0 aliphatic heterocycles. The molecule has 1 N–H and O–H groups in total. The number of hydrogen-bond donors (Lipinski definition) is 1. The molecule has 3 aromatic rings. The molecule has 3 rings (SSSR count). The molecule has 0 amide bonds. The minimum absolute atomic E-state index is 0.0229. The Morgan fingerprint density at radius 1 is 1.04 bits per heavy atom. The summed E-state index contributed by atoms with van der Waals surface area (Å²) in [4.78, 5) is 22.6. The Balaban J connectivity index is 1.93. The zero-order chi connectivity index (χ0) is 17.6. The molecule has 9 nitrogen and oxygen atoms in total. The Kier molecular flexibility index (Phi) is 4.65. The summed E-state index contributed by atoms with van der Waals surface area (Å²) in [6.07, 6.45) is 4.31. The molecular weight excluding hydrogens is 326 g/mol. The van der Waals surface area contributed by atoms with Gasteiger partial charge in [-0.2, -0.15) is 4.98 Å². The molecule has 0 saturated heterocycles. The van der Waals surface area contributed by atoms with Gasteiger partial charge in [-0.15, -0.1) is 0 Å². The van der Waals surface area contributed by atoms with Crippen LogP contribution in [0.25, 0.3) is 0 Å². The van der Waals surface area contributed by atoms with Gasteiger partial charge in [0, 0.05) is 18.1 Å². The van der Waals surface area contributed by atoms with Gasteiger partial charge in [0.25, 0.3) is 0 Å². The normalized spacial score (nSPS) is 10.1. The number of nitrogens with one attached hydrogen (secondary N) is 1. The summed E-state index contributed by atoms with van der Waals surface area (Å²) >= 11 is 0. The topological polar surface area (TPSA) is 112 Å². The SMILES string of the molecule is COc1ccc(Oc2ncnc(Nc3ccncc3)c2[N+](=O)[O-])cc1. The van der Waals surface area contributed by atoms with Crippen LogP contribution < -0.4 is 14.8 Å². The van der Waals surface area contributed by atoms with Crippen LogP contribution in [0.15, 0.2) is 55.1 Å². The Bertz CT molecular complexity index is 871. The van der Waals surface area contributed by atoms with Gasteiger partial charge in [-0.25, -0.2) is 4.98 Å². The van der Waals surface area contributed by atoms with E-state index in [1.165, 1.54) is 6.33 Å². The second-order valence-electron chi connectivity index (χ2n) is 4.77. The highest BCUT2D eigenvalue weighted by molar-refractivity contribution is 5.68. The first kappa shape index (κ1) is 16.1. The number of hydrogen-bond acceptors (Lipinski definition) is 8. The zero-order valence-corrected chi connectivity index (χ0v) is 13.1. The summed E-state index contributed by atoms with van der Waals surface area (Å²) in [6, 6.07) is 9.93. The molecular formula is C16H13N5O4. The Morgan fingerprint density at radius 2 is 1.72 bits per heavy atom. The first-order valence-electron chi connectivity index (χ1n) is 7.15. The molecule has 126 valence electrons. The zero-order valence-electron chi connectivity index (χ0n) is 13.1. The molecule has 0 unspecified atom stereocenters. The van der Waals surface area contributed by atoms with Gasteiger partial charge < -0.3 is 14.8 Å². The minimum atomic E-state index is -0.595. The molecule has 1 aromatic carbocycles. The molecule has 9 heteroatoms. The highest BCUT2D eigenvalue weighted by Crippen LogP contribution is 2.35. The van der Waals surface area contributed by atoms with Crippen molar-refractivity contribution in [2.45, 2.75) is 0 Å². The van der Waals surface area contributed by atoms with Crippen LogP contribution in [0.5, 0.6) is 17.4 Å². The Labute approximate surface area is 142 Å². The molecule has 0 fully saturated rings. The van der Waals surface area contributed by atoms with Gasteiger partial charge in [0.2, 0.25) is 5.82 Å². The molecule has 0 aliphatic carbocycles. The number of nitrogens with zero attached hydrogens (tertiary/aromatic N) is 4. The predicted molar refractivity (Wildman–Crippen MR) is 89.3 cm³/mol. The average molecular weight is 339 g/mol. The molecule has 2 heterocycles. The lowest BCUT2D eigenvalue weighted by molar-refractivity contribution is -0.385. The molecule has 0 spiro atoms. The van der Waals surface area contributed by atoms with Crippen LogP contribution in [0.2, 0.25) is 0 Å². The molecule has 0 saturated carbocycles. The number of pyridine rings is 1. The van der Waals surface area contributed by atoms with Gasteiger partial charge in [-0.1, -0.05) is 0 Å². The van der Waals surface area contributed by atoms with Crippen molar-refractivity contribution in [3.05, 3.63) is 65.2 Å². The predicted octanol–water partition coefficient (Wildman–Crippen LogP) is 3.32. The monoisotopic (exact) mass is 339 g/mol. The van der Waals surface area contributed by atoms with Crippen molar-refractivity contribution in [1.82, 2.24) is 15.0 Å².